The van der Waals surface area contributed by atoms with Crippen LogP contribution in [0.15, 0.2) is 36.7 Å². The van der Waals surface area contributed by atoms with Gasteiger partial charge in [0.2, 0.25) is 5.91 Å². The monoisotopic (exact) mass is 243 g/mol. The molecule has 0 aliphatic carbocycles. The summed E-state index contributed by atoms with van der Waals surface area (Å²) in [6, 6.07) is 5.82. The number of fused-ring (bicyclic) bond motifs is 1. The van der Waals surface area contributed by atoms with Crippen molar-refractivity contribution in [2.75, 3.05) is 13.1 Å². The highest BCUT2D eigenvalue weighted by Crippen LogP contribution is 2.07. The van der Waals surface area contributed by atoms with Gasteiger partial charge in [0.25, 0.3) is 0 Å². The fourth-order valence-electron chi connectivity index (χ4n) is 1.87. The molecular weight excluding hydrogens is 226 g/mol. The molecule has 0 saturated heterocycles. The number of likely N-dealkylation sites (N-methyl/N-ethyl adjacent to an activating group) is 1. The Labute approximate surface area is 107 Å². The summed E-state index contributed by atoms with van der Waals surface area (Å²) in [5, 5.41) is 0. The largest absolute Gasteiger partial charge is 0.340 e. The standard InChI is InChI=1S/C14H17N3O/c1-3-16(4-2)14(18)9-8-12-11-15-13-7-5-6-10-17(12)13/h5-11H,3-4H2,1-2H3/b9-8+. The molecule has 2 aromatic heterocycles. The van der Waals surface area contributed by atoms with Crippen LogP contribution in [-0.4, -0.2) is 33.3 Å². The van der Waals surface area contributed by atoms with Crippen LogP contribution in [0, 0.1) is 0 Å². The van der Waals surface area contributed by atoms with Crippen LogP contribution in [0.1, 0.15) is 19.5 Å². The van der Waals surface area contributed by atoms with E-state index in [1.54, 1.807) is 23.2 Å². The fourth-order valence-corrected chi connectivity index (χ4v) is 1.87. The van der Waals surface area contributed by atoms with Crippen molar-refractivity contribution >= 4 is 17.6 Å². The number of hydrogen-bond acceptors (Lipinski definition) is 2. The van der Waals surface area contributed by atoms with Crippen LogP contribution in [0.3, 0.4) is 0 Å². The molecule has 0 fully saturated rings. The predicted molar refractivity (Wildman–Crippen MR) is 72.2 cm³/mol. The first kappa shape index (κ1) is 12.4. The topological polar surface area (TPSA) is 37.6 Å². The van der Waals surface area contributed by atoms with E-state index in [9.17, 15) is 4.79 Å². The van der Waals surface area contributed by atoms with Crippen molar-refractivity contribution in [1.82, 2.24) is 14.3 Å². The molecule has 4 nitrogen and oxygen atoms in total. The highest BCUT2D eigenvalue weighted by Gasteiger charge is 2.05. The average Bonchev–Trinajstić information content (AvgIpc) is 2.81. The van der Waals surface area contributed by atoms with Gasteiger partial charge >= 0.3 is 0 Å². The molecule has 0 atom stereocenters. The van der Waals surface area contributed by atoms with Crippen LogP contribution >= 0.6 is 0 Å². The van der Waals surface area contributed by atoms with E-state index in [1.165, 1.54) is 0 Å². The molecule has 0 bridgehead atoms. The van der Waals surface area contributed by atoms with Crippen LogP contribution < -0.4 is 0 Å². The van der Waals surface area contributed by atoms with Gasteiger partial charge in [0.1, 0.15) is 5.65 Å². The van der Waals surface area contributed by atoms with Crippen molar-refractivity contribution in [3.63, 3.8) is 0 Å². The van der Waals surface area contributed by atoms with E-state index in [-0.39, 0.29) is 5.91 Å². The number of carbonyl (C=O) groups excluding carboxylic acids is 1. The number of carbonyl (C=O) groups is 1. The molecule has 0 aliphatic heterocycles. The molecule has 0 N–H and O–H groups in total. The second kappa shape index (κ2) is 5.49. The van der Waals surface area contributed by atoms with Gasteiger partial charge < -0.3 is 9.30 Å². The van der Waals surface area contributed by atoms with Crippen LogP contribution in [0.4, 0.5) is 0 Å². The Kier molecular flexibility index (Phi) is 3.77. The van der Waals surface area contributed by atoms with Crippen molar-refractivity contribution in [2.45, 2.75) is 13.8 Å². The Balaban J connectivity index is 2.21. The summed E-state index contributed by atoms with van der Waals surface area (Å²) in [4.78, 5) is 17.9. The normalized spacial score (nSPS) is 11.2. The molecular formula is C14H17N3O. The van der Waals surface area contributed by atoms with Gasteiger partial charge in [-0.05, 0) is 32.1 Å². The Morgan fingerprint density at radius 3 is 2.89 bits per heavy atom. The summed E-state index contributed by atoms with van der Waals surface area (Å²) in [6.45, 7) is 5.41. The summed E-state index contributed by atoms with van der Waals surface area (Å²) >= 11 is 0. The molecule has 4 heteroatoms. The Bertz CT molecular complexity index is 567. The van der Waals surface area contributed by atoms with E-state index in [4.69, 9.17) is 0 Å². The molecule has 0 saturated carbocycles. The molecule has 0 unspecified atom stereocenters. The summed E-state index contributed by atoms with van der Waals surface area (Å²) in [6.07, 6.45) is 7.11. The SMILES string of the molecule is CCN(CC)C(=O)/C=C/c1cnc2ccccn12. The van der Waals surface area contributed by atoms with Crippen LogP contribution in [0.25, 0.3) is 11.7 Å². The molecule has 0 aliphatic rings. The molecule has 2 heterocycles. The highest BCUT2D eigenvalue weighted by atomic mass is 16.2. The number of pyridine rings is 1. The van der Waals surface area contributed by atoms with Gasteiger partial charge in [0.05, 0.1) is 11.9 Å². The van der Waals surface area contributed by atoms with E-state index < -0.39 is 0 Å². The lowest BCUT2D eigenvalue weighted by Crippen LogP contribution is -2.28. The minimum Gasteiger partial charge on any atom is -0.340 e. The maximum Gasteiger partial charge on any atom is 0.246 e. The maximum absolute atomic E-state index is 11.8. The van der Waals surface area contributed by atoms with Crippen molar-refractivity contribution in [1.29, 1.82) is 0 Å². The summed E-state index contributed by atoms with van der Waals surface area (Å²) in [5.41, 5.74) is 1.79. The molecule has 0 spiro atoms. The zero-order valence-electron chi connectivity index (χ0n) is 10.7. The van der Waals surface area contributed by atoms with Crippen LogP contribution in [0.2, 0.25) is 0 Å². The number of hydrogen-bond donors (Lipinski definition) is 0. The van der Waals surface area contributed by atoms with Gasteiger partial charge in [-0.1, -0.05) is 6.07 Å². The highest BCUT2D eigenvalue weighted by molar-refractivity contribution is 5.91. The Hall–Kier alpha value is -2.10. The molecule has 94 valence electrons. The van der Waals surface area contributed by atoms with E-state index in [0.29, 0.717) is 0 Å². The van der Waals surface area contributed by atoms with E-state index in [1.807, 2.05) is 42.6 Å². The van der Waals surface area contributed by atoms with E-state index in [0.717, 1.165) is 24.4 Å². The van der Waals surface area contributed by atoms with Gasteiger partial charge in [-0.2, -0.15) is 0 Å². The van der Waals surface area contributed by atoms with Gasteiger partial charge in [0.15, 0.2) is 0 Å². The molecule has 18 heavy (non-hydrogen) atoms. The number of nitrogens with zero attached hydrogens (tertiary/aromatic N) is 3. The van der Waals surface area contributed by atoms with Crippen molar-refractivity contribution in [2.24, 2.45) is 0 Å². The van der Waals surface area contributed by atoms with Crippen LogP contribution in [0.5, 0.6) is 0 Å². The number of rotatable bonds is 4. The fraction of sp³-hybridized carbons (Fsp3) is 0.286. The molecule has 2 aromatic rings. The summed E-state index contributed by atoms with van der Waals surface area (Å²) in [5.74, 6) is 0.0332. The third-order valence-corrected chi connectivity index (χ3v) is 2.92. The molecule has 2 rings (SSSR count). The molecule has 0 radical (unpaired) electrons. The van der Waals surface area contributed by atoms with Gasteiger partial charge in [-0.3, -0.25) is 4.79 Å². The Morgan fingerprint density at radius 1 is 1.39 bits per heavy atom. The second-order valence-corrected chi connectivity index (χ2v) is 3.96. The predicted octanol–water partition coefficient (Wildman–Crippen LogP) is 2.22. The van der Waals surface area contributed by atoms with Crippen molar-refractivity contribution < 1.29 is 4.79 Å². The number of aromatic nitrogens is 2. The second-order valence-electron chi connectivity index (χ2n) is 3.96. The first-order valence-corrected chi connectivity index (χ1v) is 6.15. The van der Waals surface area contributed by atoms with Crippen LogP contribution in [-0.2, 0) is 4.79 Å². The van der Waals surface area contributed by atoms with Gasteiger partial charge in [0, 0.05) is 25.4 Å². The molecule has 1 amide bonds. The third-order valence-electron chi connectivity index (χ3n) is 2.92. The summed E-state index contributed by atoms with van der Waals surface area (Å²) < 4.78 is 1.95. The first-order valence-electron chi connectivity index (χ1n) is 6.15. The van der Waals surface area contributed by atoms with E-state index in [2.05, 4.69) is 4.98 Å². The third kappa shape index (κ3) is 2.42. The van der Waals surface area contributed by atoms with Crippen molar-refractivity contribution in [3.8, 4) is 0 Å². The van der Waals surface area contributed by atoms with Crippen molar-refractivity contribution in [3.05, 3.63) is 42.4 Å². The number of imidazole rings is 1. The smallest absolute Gasteiger partial charge is 0.246 e. The number of amides is 1. The zero-order valence-corrected chi connectivity index (χ0v) is 10.7. The first-order chi connectivity index (χ1) is 8.76. The lowest BCUT2D eigenvalue weighted by atomic mass is 10.3. The minimum atomic E-state index is 0.0332. The summed E-state index contributed by atoms with van der Waals surface area (Å²) in [7, 11) is 0. The maximum atomic E-state index is 11.8. The minimum absolute atomic E-state index is 0.0332. The average molecular weight is 243 g/mol. The lowest BCUT2D eigenvalue weighted by Gasteiger charge is -2.15. The van der Waals surface area contributed by atoms with E-state index >= 15 is 0 Å². The molecule has 0 aromatic carbocycles. The zero-order chi connectivity index (χ0) is 13.0. The van der Waals surface area contributed by atoms with Gasteiger partial charge in [-0.15, -0.1) is 0 Å². The Morgan fingerprint density at radius 2 is 2.17 bits per heavy atom. The lowest BCUT2D eigenvalue weighted by molar-refractivity contribution is -0.125. The quantitative estimate of drug-likeness (QED) is 0.772. The van der Waals surface area contributed by atoms with Gasteiger partial charge in [-0.25, -0.2) is 4.98 Å².